The molecule has 9 heteroatoms. The van der Waals surface area contributed by atoms with E-state index in [9.17, 15) is 19.2 Å². The second-order valence-corrected chi connectivity index (χ2v) is 7.73. The molecule has 1 fully saturated rings. The number of hydrogen-bond donors (Lipinski definition) is 2. The van der Waals surface area contributed by atoms with E-state index in [0.29, 0.717) is 30.0 Å². The quantitative estimate of drug-likeness (QED) is 0.707. The molecule has 0 aliphatic carbocycles. The number of benzene rings is 1. The highest BCUT2D eigenvalue weighted by Gasteiger charge is 2.32. The summed E-state index contributed by atoms with van der Waals surface area (Å²) in [7, 11) is 0. The number of carbonyl (C=O) groups excluding carboxylic acids is 4. The molecule has 0 bridgehead atoms. The lowest BCUT2D eigenvalue weighted by molar-refractivity contribution is -0.159. The van der Waals surface area contributed by atoms with Crippen molar-refractivity contribution in [2.75, 3.05) is 13.1 Å². The SMILES string of the molecule is CC(C)NC(=O)NC(=O)[C@@H](C)OC(=O)[C@@H]1CCCN(C(=O)c2ccc(Cl)cc2)C1. The summed E-state index contributed by atoms with van der Waals surface area (Å²) in [5.41, 5.74) is 0.493. The van der Waals surface area contributed by atoms with E-state index < -0.39 is 29.9 Å². The highest BCUT2D eigenvalue weighted by Crippen LogP contribution is 2.21. The topological polar surface area (TPSA) is 105 Å². The summed E-state index contributed by atoms with van der Waals surface area (Å²) < 4.78 is 5.22. The molecule has 158 valence electrons. The first-order chi connectivity index (χ1) is 13.7. The highest BCUT2D eigenvalue weighted by molar-refractivity contribution is 6.30. The van der Waals surface area contributed by atoms with Crippen LogP contribution in [0.15, 0.2) is 24.3 Å². The molecule has 1 heterocycles. The molecule has 0 radical (unpaired) electrons. The number of carbonyl (C=O) groups is 4. The Bertz CT molecular complexity index is 766. The fourth-order valence-electron chi connectivity index (χ4n) is 2.96. The van der Waals surface area contributed by atoms with E-state index in [2.05, 4.69) is 10.6 Å². The van der Waals surface area contributed by atoms with Gasteiger partial charge < -0.3 is 15.0 Å². The van der Waals surface area contributed by atoms with E-state index >= 15 is 0 Å². The third-order valence-corrected chi connectivity index (χ3v) is 4.70. The van der Waals surface area contributed by atoms with Gasteiger partial charge in [-0.05, 0) is 57.9 Å². The van der Waals surface area contributed by atoms with Gasteiger partial charge in [-0.1, -0.05) is 11.6 Å². The summed E-state index contributed by atoms with van der Waals surface area (Å²) in [4.78, 5) is 50.3. The zero-order chi connectivity index (χ0) is 21.6. The molecule has 1 aliphatic rings. The van der Waals surface area contributed by atoms with Crippen molar-refractivity contribution in [2.24, 2.45) is 5.92 Å². The number of nitrogens with zero attached hydrogens (tertiary/aromatic N) is 1. The Labute approximate surface area is 174 Å². The second kappa shape index (κ2) is 10.2. The molecule has 2 atom stereocenters. The van der Waals surface area contributed by atoms with Gasteiger partial charge in [-0.15, -0.1) is 0 Å². The number of likely N-dealkylation sites (tertiary alicyclic amines) is 1. The molecule has 0 saturated carbocycles. The van der Waals surface area contributed by atoms with Crippen molar-refractivity contribution < 1.29 is 23.9 Å². The number of amides is 4. The average Bonchev–Trinajstić information content (AvgIpc) is 2.67. The van der Waals surface area contributed by atoms with Gasteiger partial charge in [0.05, 0.1) is 5.92 Å². The molecule has 4 amide bonds. The molecular weight excluding hydrogens is 398 g/mol. The van der Waals surface area contributed by atoms with Gasteiger partial charge in [0, 0.05) is 29.7 Å². The van der Waals surface area contributed by atoms with Crippen LogP contribution in [-0.2, 0) is 14.3 Å². The van der Waals surface area contributed by atoms with Gasteiger partial charge in [0.25, 0.3) is 11.8 Å². The van der Waals surface area contributed by atoms with E-state index in [1.807, 2.05) is 0 Å². The van der Waals surface area contributed by atoms with Gasteiger partial charge in [-0.2, -0.15) is 0 Å². The Balaban J connectivity index is 1.90. The zero-order valence-electron chi connectivity index (χ0n) is 16.7. The van der Waals surface area contributed by atoms with Gasteiger partial charge in [0.2, 0.25) is 0 Å². The normalized spacial score (nSPS) is 17.4. The van der Waals surface area contributed by atoms with Crippen molar-refractivity contribution in [3.63, 3.8) is 0 Å². The van der Waals surface area contributed by atoms with Crippen LogP contribution in [0.25, 0.3) is 0 Å². The van der Waals surface area contributed by atoms with E-state index in [0.717, 1.165) is 0 Å². The number of rotatable bonds is 5. The van der Waals surface area contributed by atoms with Crippen LogP contribution in [0.4, 0.5) is 4.79 Å². The fraction of sp³-hybridized carbons (Fsp3) is 0.500. The van der Waals surface area contributed by atoms with E-state index in [1.54, 1.807) is 43.0 Å². The van der Waals surface area contributed by atoms with Crippen LogP contribution in [-0.4, -0.2) is 54.0 Å². The number of urea groups is 1. The first-order valence-electron chi connectivity index (χ1n) is 9.54. The zero-order valence-corrected chi connectivity index (χ0v) is 17.5. The first-order valence-corrected chi connectivity index (χ1v) is 9.92. The predicted molar refractivity (Wildman–Crippen MR) is 107 cm³/mol. The number of ether oxygens (including phenoxy) is 1. The second-order valence-electron chi connectivity index (χ2n) is 7.29. The van der Waals surface area contributed by atoms with Gasteiger partial charge in [-0.3, -0.25) is 19.7 Å². The van der Waals surface area contributed by atoms with E-state index in [1.165, 1.54) is 6.92 Å². The van der Waals surface area contributed by atoms with Crippen LogP contribution in [0.3, 0.4) is 0 Å². The summed E-state index contributed by atoms with van der Waals surface area (Å²) in [5.74, 6) is -1.98. The Kier molecular flexibility index (Phi) is 8.01. The van der Waals surface area contributed by atoms with Crippen molar-refractivity contribution in [1.29, 1.82) is 0 Å². The number of nitrogens with one attached hydrogen (secondary N) is 2. The summed E-state index contributed by atoms with van der Waals surface area (Å²) in [6, 6.07) is 5.78. The van der Waals surface area contributed by atoms with Crippen LogP contribution in [0.1, 0.15) is 44.0 Å². The first kappa shape index (κ1) is 22.7. The number of hydrogen-bond acceptors (Lipinski definition) is 5. The number of imide groups is 1. The Morgan fingerprint density at radius 1 is 1.14 bits per heavy atom. The van der Waals surface area contributed by atoms with E-state index in [-0.39, 0.29) is 18.5 Å². The van der Waals surface area contributed by atoms with Crippen molar-refractivity contribution >= 4 is 35.4 Å². The molecular formula is C20H26ClN3O5. The van der Waals surface area contributed by atoms with Crippen LogP contribution >= 0.6 is 11.6 Å². The average molecular weight is 424 g/mol. The fourth-order valence-corrected chi connectivity index (χ4v) is 3.09. The molecule has 0 spiro atoms. The molecule has 1 aliphatic heterocycles. The van der Waals surface area contributed by atoms with Gasteiger partial charge >= 0.3 is 12.0 Å². The molecule has 0 unspecified atom stereocenters. The van der Waals surface area contributed by atoms with Crippen molar-refractivity contribution in [3.8, 4) is 0 Å². The van der Waals surface area contributed by atoms with Gasteiger partial charge in [-0.25, -0.2) is 4.79 Å². The molecule has 2 N–H and O–H groups in total. The molecule has 1 aromatic carbocycles. The molecule has 0 aromatic heterocycles. The van der Waals surface area contributed by atoms with Gasteiger partial charge in [0.15, 0.2) is 6.10 Å². The minimum atomic E-state index is -1.12. The third-order valence-electron chi connectivity index (χ3n) is 4.45. The molecule has 8 nitrogen and oxygen atoms in total. The Hall–Kier alpha value is -2.61. The molecule has 1 saturated heterocycles. The molecule has 1 aromatic rings. The summed E-state index contributed by atoms with van der Waals surface area (Å²) >= 11 is 5.85. The van der Waals surface area contributed by atoms with Crippen molar-refractivity contribution in [3.05, 3.63) is 34.9 Å². The van der Waals surface area contributed by atoms with Crippen LogP contribution in [0.5, 0.6) is 0 Å². The molecule has 2 rings (SSSR count). The van der Waals surface area contributed by atoms with E-state index in [4.69, 9.17) is 16.3 Å². The van der Waals surface area contributed by atoms with Crippen molar-refractivity contribution in [2.45, 2.75) is 45.8 Å². The molecule has 29 heavy (non-hydrogen) atoms. The Morgan fingerprint density at radius 3 is 2.41 bits per heavy atom. The van der Waals surface area contributed by atoms with Crippen LogP contribution in [0.2, 0.25) is 5.02 Å². The minimum absolute atomic E-state index is 0.132. The smallest absolute Gasteiger partial charge is 0.321 e. The number of halogens is 1. The maximum absolute atomic E-state index is 12.6. The summed E-state index contributed by atoms with van der Waals surface area (Å²) in [5, 5.41) is 5.19. The predicted octanol–water partition coefficient (Wildman–Crippen LogP) is 2.36. The maximum Gasteiger partial charge on any atom is 0.321 e. The minimum Gasteiger partial charge on any atom is -0.452 e. The summed E-state index contributed by atoms with van der Waals surface area (Å²) in [6.45, 7) is 5.66. The largest absolute Gasteiger partial charge is 0.452 e. The van der Waals surface area contributed by atoms with Crippen LogP contribution < -0.4 is 10.6 Å². The lowest BCUT2D eigenvalue weighted by Crippen LogP contribution is -2.48. The monoisotopic (exact) mass is 423 g/mol. The van der Waals surface area contributed by atoms with Crippen LogP contribution in [0, 0.1) is 5.92 Å². The maximum atomic E-state index is 12.6. The van der Waals surface area contributed by atoms with Gasteiger partial charge in [0.1, 0.15) is 0 Å². The Morgan fingerprint density at radius 2 is 1.79 bits per heavy atom. The standard InChI is InChI=1S/C20H26ClN3O5/c1-12(2)22-20(28)23-17(25)13(3)29-19(27)15-5-4-10-24(11-15)18(26)14-6-8-16(21)9-7-14/h6-9,12-13,15H,4-5,10-11H2,1-3H3,(H2,22,23,25,28)/t13-,15-/m1/s1. The third kappa shape index (κ3) is 6.74. The number of esters is 1. The number of piperidine rings is 1. The lowest BCUT2D eigenvalue weighted by atomic mass is 9.97. The van der Waals surface area contributed by atoms with Crippen molar-refractivity contribution in [1.82, 2.24) is 15.5 Å². The lowest BCUT2D eigenvalue weighted by Gasteiger charge is -2.32. The highest BCUT2D eigenvalue weighted by atomic mass is 35.5. The summed E-state index contributed by atoms with van der Waals surface area (Å²) in [6.07, 6.45) is 0.0877.